The van der Waals surface area contributed by atoms with E-state index >= 15 is 0 Å². The van der Waals surface area contributed by atoms with Crippen LogP contribution in [0.15, 0.2) is 48.5 Å². The maximum absolute atomic E-state index is 13.0. The van der Waals surface area contributed by atoms with Crippen molar-refractivity contribution in [2.75, 3.05) is 7.11 Å². The molecule has 21 heavy (non-hydrogen) atoms. The fraction of sp³-hybridized carbons (Fsp3) is 0.333. The molecule has 2 aromatic carbocycles. The molecule has 0 saturated heterocycles. The molecule has 0 aliphatic heterocycles. The molecule has 112 valence electrons. The first-order chi connectivity index (χ1) is 10.1. The van der Waals surface area contributed by atoms with E-state index < -0.39 is 0 Å². The van der Waals surface area contributed by atoms with Gasteiger partial charge in [-0.15, -0.1) is 0 Å². The molecule has 2 atom stereocenters. The van der Waals surface area contributed by atoms with Gasteiger partial charge < -0.3 is 10.1 Å². The normalized spacial score (nSPS) is 13.7. The second kappa shape index (κ2) is 7.23. The monoisotopic (exact) mass is 287 g/mol. The van der Waals surface area contributed by atoms with E-state index in [0.717, 1.165) is 17.7 Å². The number of halogens is 1. The molecule has 0 heterocycles. The zero-order valence-corrected chi connectivity index (χ0v) is 12.8. The van der Waals surface area contributed by atoms with Crippen molar-refractivity contribution < 1.29 is 9.13 Å². The first kappa shape index (κ1) is 15.5. The first-order valence-electron chi connectivity index (χ1n) is 7.29. The van der Waals surface area contributed by atoms with Crippen LogP contribution in [0.4, 0.5) is 4.39 Å². The van der Waals surface area contributed by atoms with E-state index in [0.29, 0.717) is 0 Å². The maximum Gasteiger partial charge on any atom is 0.123 e. The smallest absolute Gasteiger partial charge is 0.123 e. The molecule has 1 N–H and O–H groups in total. The highest BCUT2D eigenvalue weighted by molar-refractivity contribution is 5.29. The second-order valence-electron chi connectivity index (χ2n) is 5.17. The number of rotatable bonds is 6. The van der Waals surface area contributed by atoms with E-state index in [1.807, 2.05) is 24.3 Å². The summed E-state index contributed by atoms with van der Waals surface area (Å²) < 4.78 is 18.2. The maximum atomic E-state index is 13.0. The summed E-state index contributed by atoms with van der Waals surface area (Å²) in [6.07, 6.45) is 0.951. The minimum atomic E-state index is -0.197. The van der Waals surface area contributed by atoms with Crippen molar-refractivity contribution in [3.05, 3.63) is 65.5 Å². The van der Waals surface area contributed by atoms with Crippen LogP contribution in [0.1, 0.15) is 43.5 Å². The number of methoxy groups -OCH3 is 1. The minimum Gasteiger partial charge on any atom is -0.497 e. The third-order valence-corrected chi connectivity index (χ3v) is 3.75. The van der Waals surface area contributed by atoms with E-state index in [1.165, 1.54) is 17.7 Å². The van der Waals surface area contributed by atoms with Crippen molar-refractivity contribution in [3.63, 3.8) is 0 Å². The molecule has 0 fully saturated rings. The fourth-order valence-electron chi connectivity index (χ4n) is 2.44. The van der Waals surface area contributed by atoms with Gasteiger partial charge in [0.25, 0.3) is 0 Å². The van der Waals surface area contributed by atoms with Crippen molar-refractivity contribution >= 4 is 0 Å². The molecule has 0 amide bonds. The van der Waals surface area contributed by atoms with Crippen LogP contribution in [0.5, 0.6) is 5.75 Å². The Labute approximate surface area is 126 Å². The predicted molar refractivity (Wildman–Crippen MR) is 84.0 cm³/mol. The SMILES string of the molecule is CCC(N[C@H](C)c1ccc(OC)cc1)c1ccc(F)cc1. The van der Waals surface area contributed by atoms with Crippen LogP contribution in [-0.2, 0) is 0 Å². The highest BCUT2D eigenvalue weighted by Gasteiger charge is 2.14. The minimum absolute atomic E-state index is 0.197. The summed E-state index contributed by atoms with van der Waals surface area (Å²) in [6, 6.07) is 15.2. The Hall–Kier alpha value is -1.87. The fourth-order valence-corrected chi connectivity index (χ4v) is 2.44. The van der Waals surface area contributed by atoms with Gasteiger partial charge in [0, 0.05) is 12.1 Å². The van der Waals surface area contributed by atoms with Gasteiger partial charge in [0.05, 0.1) is 7.11 Å². The van der Waals surface area contributed by atoms with Gasteiger partial charge >= 0.3 is 0 Å². The third-order valence-electron chi connectivity index (χ3n) is 3.75. The molecular weight excluding hydrogens is 265 g/mol. The van der Waals surface area contributed by atoms with Gasteiger partial charge in [-0.1, -0.05) is 31.2 Å². The highest BCUT2D eigenvalue weighted by atomic mass is 19.1. The van der Waals surface area contributed by atoms with Gasteiger partial charge in [0.15, 0.2) is 0 Å². The van der Waals surface area contributed by atoms with Gasteiger partial charge in [-0.25, -0.2) is 4.39 Å². The lowest BCUT2D eigenvalue weighted by atomic mass is 10.0. The van der Waals surface area contributed by atoms with E-state index in [4.69, 9.17) is 4.74 Å². The van der Waals surface area contributed by atoms with Crippen LogP contribution < -0.4 is 10.1 Å². The van der Waals surface area contributed by atoms with Crippen molar-refractivity contribution in [2.24, 2.45) is 0 Å². The zero-order valence-electron chi connectivity index (χ0n) is 12.8. The number of hydrogen-bond donors (Lipinski definition) is 1. The Morgan fingerprint density at radius 3 is 2.10 bits per heavy atom. The van der Waals surface area contributed by atoms with Gasteiger partial charge in [0.1, 0.15) is 11.6 Å². The largest absolute Gasteiger partial charge is 0.497 e. The summed E-state index contributed by atoms with van der Waals surface area (Å²) in [7, 11) is 1.67. The van der Waals surface area contributed by atoms with Crippen molar-refractivity contribution in [2.45, 2.75) is 32.4 Å². The summed E-state index contributed by atoms with van der Waals surface area (Å²) in [5, 5.41) is 3.59. The Morgan fingerprint density at radius 1 is 1.00 bits per heavy atom. The quantitative estimate of drug-likeness (QED) is 0.836. The molecular formula is C18H22FNO. The Morgan fingerprint density at radius 2 is 1.57 bits per heavy atom. The van der Waals surface area contributed by atoms with E-state index in [-0.39, 0.29) is 17.9 Å². The van der Waals surface area contributed by atoms with Crippen LogP contribution in [-0.4, -0.2) is 7.11 Å². The lowest BCUT2D eigenvalue weighted by Gasteiger charge is -2.23. The summed E-state index contributed by atoms with van der Waals surface area (Å²) in [6.45, 7) is 4.26. The molecule has 2 nitrogen and oxygen atoms in total. The molecule has 1 unspecified atom stereocenters. The second-order valence-corrected chi connectivity index (χ2v) is 5.17. The molecule has 0 saturated carbocycles. The Kier molecular flexibility index (Phi) is 5.34. The van der Waals surface area contributed by atoms with E-state index in [1.54, 1.807) is 7.11 Å². The van der Waals surface area contributed by atoms with Crippen molar-refractivity contribution in [1.29, 1.82) is 0 Å². The number of ether oxygens (including phenoxy) is 1. The standard InChI is InChI=1S/C18H22FNO/c1-4-18(15-5-9-16(19)10-6-15)20-13(2)14-7-11-17(21-3)12-8-14/h5-13,18,20H,4H2,1-3H3/t13-,18?/m1/s1. The van der Waals surface area contributed by atoms with Crippen molar-refractivity contribution in [3.8, 4) is 5.75 Å². The number of hydrogen-bond acceptors (Lipinski definition) is 2. The lowest BCUT2D eigenvalue weighted by Crippen LogP contribution is -2.24. The molecule has 3 heteroatoms. The lowest BCUT2D eigenvalue weighted by molar-refractivity contribution is 0.413. The number of benzene rings is 2. The summed E-state index contributed by atoms with van der Waals surface area (Å²) in [5.41, 5.74) is 2.32. The highest BCUT2D eigenvalue weighted by Crippen LogP contribution is 2.23. The third kappa shape index (κ3) is 4.05. The number of nitrogens with one attached hydrogen (secondary N) is 1. The molecule has 0 aliphatic rings. The average molecular weight is 287 g/mol. The van der Waals surface area contributed by atoms with Gasteiger partial charge in [0.2, 0.25) is 0 Å². The molecule has 0 spiro atoms. The van der Waals surface area contributed by atoms with Crippen LogP contribution >= 0.6 is 0 Å². The Balaban J connectivity index is 2.08. The van der Waals surface area contributed by atoms with Crippen molar-refractivity contribution in [1.82, 2.24) is 5.32 Å². The first-order valence-corrected chi connectivity index (χ1v) is 7.29. The summed E-state index contributed by atoms with van der Waals surface area (Å²) in [5.74, 6) is 0.660. The van der Waals surface area contributed by atoms with Crippen LogP contribution in [0.25, 0.3) is 0 Å². The molecule has 2 aromatic rings. The molecule has 0 bridgehead atoms. The van der Waals surface area contributed by atoms with Crippen LogP contribution in [0, 0.1) is 5.82 Å². The van der Waals surface area contributed by atoms with Gasteiger partial charge in [-0.2, -0.15) is 0 Å². The molecule has 0 radical (unpaired) electrons. The van der Waals surface area contributed by atoms with Crippen LogP contribution in [0.3, 0.4) is 0 Å². The van der Waals surface area contributed by atoms with Gasteiger partial charge in [-0.05, 0) is 48.7 Å². The van der Waals surface area contributed by atoms with Gasteiger partial charge in [-0.3, -0.25) is 0 Å². The predicted octanol–water partition coefficient (Wildman–Crippen LogP) is 4.64. The topological polar surface area (TPSA) is 21.3 Å². The van der Waals surface area contributed by atoms with E-state index in [9.17, 15) is 4.39 Å². The van der Waals surface area contributed by atoms with E-state index in [2.05, 4.69) is 31.3 Å². The molecule has 0 aromatic heterocycles. The molecule has 2 rings (SSSR count). The summed E-state index contributed by atoms with van der Waals surface area (Å²) >= 11 is 0. The average Bonchev–Trinajstić information content (AvgIpc) is 2.53. The van der Waals surface area contributed by atoms with Crippen LogP contribution in [0.2, 0.25) is 0 Å². The Bertz CT molecular complexity index is 550. The molecule has 0 aliphatic carbocycles. The summed E-state index contributed by atoms with van der Waals surface area (Å²) in [4.78, 5) is 0. The zero-order chi connectivity index (χ0) is 15.2.